The SMILES string of the molecule is CSC=O.Cc1ccc(N(C)O)c(COc2ccc(F)cc2C)c1. The standard InChI is InChI=1S/C16H18FNO2.C2H4OS/c1-11-4-6-15(18(3)19)13(8-11)10-20-16-7-5-14(17)9-12(16)2;1-4-2-3/h4-9,19H,10H2,1-3H3;2H,1H3. The van der Waals surface area contributed by atoms with Gasteiger partial charge in [0, 0.05) is 12.6 Å². The van der Waals surface area contributed by atoms with Crippen LogP contribution in [0.3, 0.4) is 0 Å². The number of halogens is 1. The number of hydrogen-bond donors (Lipinski definition) is 1. The van der Waals surface area contributed by atoms with Crippen molar-refractivity contribution in [1.29, 1.82) is 0 Å². The third-order valence-electron chi connectivity index (χ3n) is 3.20. The van der Waals surface area contributed by atoms with E-state index in [4.69, 9.17) is 9.53 Å². The van der Waals surface area contributed by atoms with Gasteiger partial charge in [0.1, 0.15) is 18.2 Å². The Labute approximate surface area is 146 Å². The molecule has 0 radical (unpaired) electrons. The fraction of sp³-hybridized carbons (Fsp3) is 0.278. The predicted octanol–water partition coefficient (Wildman–Crippen LogP) is 4.39. The van der Waals surface area contributed by atoms with Crippen molar-refractivity contribution in [2.45, 2.75) is 20.5 Å². The summed E-state index contributed by atoms with van der Waals surface area (Å²) in [6.07, 6.45) is 1.73. The Morgan fingerprint density at radius 1 is 1.25 bits per heavy atom. The lowest BCUT2D eigenvalue weighted by atomic mass is 10.1. The smallest absolute Gasteiger partial charge is 0.175 e. The van der Waals surface area contributed by atoms with Gasteiger partial charge >= 0.3 is 0 Å². The van der Waals surface area contributed by atoms with Gasteiger partial charge in [-0.3, -0.25) is 15.1 Å². The van der Waals surface area contributed by atoms with Crippen LogP contribution < -0.4 is 9.80 Å². The molecule has 2 rings (SSSR count). The summed E-state index contributed by atoms with van der Waals surface area (Å²) < 4.78 is 18.8. The Morgan fingerprint density at radius 2 is 1.92 bits per heavy atom. The van der Waals surface area contributed by atoms with Crippen molar-refractivity contribution in [2.75, 3.05) is 18.4 Å². The lowest BCUT2D eigenvalue weighted by molar-refractivity contribution is 0.270. The summed E-state index contributed by atoms with van der Waals surface area (Å²) in [4.78, 5) is 9.14. The topological polar surface area (TPSA) is 49.8 Å². The highest BCUT2D eigenvalue weighted by atomic mass is 32.2. The van der Waals surface area contributed by atoms with Gasteiger partial charge in [-0.15, -0.1) is 0 Å². The van der Waals surface area contributed by atoms with Gasteiger partial charge in [0.25, 0.3) is 0 Å². The zero-order valence-electron chi connectivity index (χ0n) is 14.2. The number of benzene rings is 2. The van der Waals surface area contributed by atoms with Gasteiger partial charge in [0.2, 0.25) is 0 Å². The van der Waals surface area contributed by atoms with E-state index in [0.717, 1.165) is 27.4 Å². The van der Waals surface area contributed by atoms with Crippen molar-refractivity contribution in [3.8, 4) is 5.75 Å². The molecule has 2 aromatic carbocycles. The van der Waals surface area contributed by atoms with Crippen LogP contribution in [0.1, 0.15) is 16.7 Å². The first-order valence-electron chi connectivity index (χ1n) is 7.26. The Hall–Kier alpha value is -2.05. The molecule has 0 atom stereocenters. The number of ether oxygens (including phenoxy) is 1. The summed E-state index contributed by atoms with van der Waals surface area (Å²) in [7, 11) is 1.57. The number of thioether (sulfide) groups is 1. The number of anilines is 1. The fourth-order valence-corrected chi connectivity index (χ4v) is 2.08. The summed E-state index contributed by atoms with van der Waals surface area (Å²) in [5, 5.41) is 10.7. The molecule has 0 aliphatic carbocycles. The quantitative estimate of drug-likeness (QED) is 0.640. The number of carbonyl (C=O) groups excluding carboxylic acids is 1. The summed E-state index contributed by atoms with van der Waals surface area (Å²) >= 11 is 1.18. The summed E-state index contributed by atoms with van der Waals surface area (Å²) in [6, 6.07) is 10.1. The maximum absolute atomic E-state index is 13.0. The molecule has 0 saturated heterocycles. The highest BCUT2D eigenvalue weighted by Gasteiger charge is 2.08. The van der Waals surface area contributed by atoms with Gasteiger partial charge in [-0.05, 0) is 49.9 Å². The average Bonchev–Trinajstić information content (AvgIpc) is 2.54. The molecule has 0 spiro atoms. The van der Waals surface area contributed by atoms with Crippen molar-refractivity contribution < 1.29 is 19.1 Å². The molecule has 0 aromatic heterocycles. The maximum Gasteiger partial charge on any atom is 0.175 e. The lowest BCUT2D eigenvalue weighted by Gasteiger charge is -2.17. The largest absolute Gasteiger partial charge is 0.489 e. The third kappa shape index (κ3) is 6.22. The van der Waals surface area contributed by atoms with Gasteiger partial charge in [0.05, 0.1) is 5.69 Å². The van der Waals surface area contributed by atoms with Crippen LogP contribution in [0.2, 0.25) is 0 Å². The van der Waals surface area contributed by atoms with Crippen LogP contribution in [0.5, 0.6) is 5.75 Å². The van der Waals surface area contributed by atoms with E-state index in [1.54, 1.807) is 26.3 Å². The molecule has 2 aromatic rings. The lowest BCUT2D eigenvalue weighted by Crippen LogP contribution is -2.13. The van der Waals surface area contributed by atoms with Gasteiger partial charge in [-0.2, -0.15) is 0 Å². The van der Waals surface area contributed by atoms with Crippen LogP contribution >= 0.6 is 11.8 Å². The van der Waals surface area contributed by atoms with Gasteiger partial charge in [-0.25, -0.2) is 4.39 Å². The monoisotopic (exact) mass is 351 g/mol. The second-order valence-corrected chi connectivity index (χ2v) is 5.85. The second-order valence-electron chi connectivity index (χ2n) is 5.19. The van der Waals surface area contributed by atoms with Crippen LogP contribution in [0.25, 0.3) is 0 Å². The van der Waals surface area contributed by atoms with Crippen molar-refractivity contribution in [3.63, 3.8) is 0 Å². The van der Waals surface area contributed by atoms with Crippen LogP contribution in [0, 0.1) is 19.7 Å². The number of hydroxylamine groups is 1. The van der Waals surface area contributed by atoms with Crippen molar-refractivity contribution in [1.82, 2.24) is 0 Å². The van der Waals surface area contributed by atoms with Gasteiger partial charge in [0.15, 0.2) is 5.62 Å². The van der Waals surface area contributed by atoms with E-state index in [-0.39, 0.29) is 5.82 Å². The van der Waals surface area contributed by atoms with Crippen LogP contribution in [0.4, 0.5) is 10.1 Å². The zero-order chi connectivity index (χ0) is 18.1. The van der Waals surface area contributed by atoms with Crippen molar-refractivity contribution in [2.24, 2.45) is 0 Å². The number of aryl methyl sites for hydroxylation is 2. The molecular weight excluding hydrogens is 329 g/mol. The third-order valence-corrected chi connectivity index (χ3v) is 3.39. The first kappa shape index (κ1) is 20.0. The van der Waals surface area contributed by atoms with Crippen molar-refractivity contribution in [3.05, 3.63) is 58.9 Å². The molecule has 1 N–H and O–H groups in total. The van der Waals surface area contributed by atoms with Crippen molar-refractivity contribution >= 4 is 23.1 Å². The average molecular weight is 351 g/mol. The molecule has 0 saturated carbocycles. The first-order chi connectivity index (χ1) is 11.4. The fourth-order valence-electron chi connectivity index (χ4n) is 2.08. The summed E-state index contributed by atoms with van der Waals surface area (Å²) in [5.41, 5.74) is 4.19. The summed E-state index contributed by atoms with van der Waals surface area (Å²) in [6.45, 7) is 4.09. The minimum Gasteiger partial charge on any atom is -0.489 e. The molecular formula is C18H22FNO3S. The van der Waals surface area contributed by atoms with E-state index < -0.39 is 0 Å². The van der Waals surface area contributed by atoms with E-state index in [0.29, 0.717) is 18.0 Å². The van der Waals surface area contributed by atoms with E-state index in [1.165, 1.54) is 23.9 Å². The number of carbonyl (C=O) groups is 1. The van der Waals surface area contributed by atoms with E-state index >= 15 is 0 Å². The van der Waals surface area contributed by atoms with Crippen LogP contribution in [-0.2, 0) is 11.4 Å². The summed E-state index contributed by atoms with van der Waals surface area (Å²) in [5.74, 6) is 0.362. The van der Waals surface area contributed by atoms with Crippen LogP contribution in [-0.4, -0.2) is 24.1 Å². The molecule has 24 heavy (non-hydrogen) atoms. The Balaban J connectivity index is 0.000000648. The first-order valence-corrected chi connectivity index (χ1v) is 8.55. The molecule has 0 fully saturated rings. The predicted molar refractivity (Wildman–Crippen MR) is 97.1 cm³/mol. The molecule has 0 amide bonds. The molecule has 0 bridgehead atoms. The Morgan fingerprint density at radius 3 is 2.46 bits per heavy atom. The normalized spacial score (nSPS) is 9.75. The molecule has 0 aliphatic heterocycles. The molecule has 0 aliphatic rings. The van der Waals surface area contributed by atoms with Gasteiger partial charge < -0.3 is 4.74 Å². The minimum atomic E-state index is -0.277. The van der Waals surface area contributed by atoms with Crippen LogP contribution in [0.15, 0.2) is 36.4 Å². The minimum absolute atomic E-state index is 0.277. The molecule has 6 heteroatoms. The van der Waals surface area contributed by atoms with Gasteiger partial charge in [-0.1, -0.05) is 29.5 Å². The highest BCUT2D eigenvalue weighted by molar-refractivity contribution is 8.11. The zero-order valence-corrected chi connectivity index (χ0v) is 15.1. The van der Waals surface area contributed by atoms with E-state index in [9.17, 15) is 9.60 Å². The second kappa shape index (κ2) is 9.95. The number of nitrogens with zero attached hydrogens (tertiary/aromatic N) is 1. The molecule has 130 valence electrons. The number of rotatable bonds is 5. The maximum atomic E-state index is 13.0. The highest BCUT2D eigenvalue weighted by Crippen LogP contribution is 2.24. The number of hydrogen-bond acceptors (Lipinski definition) is 5. The Kier molecular flexibility index (Phi) is 8.29. The van der Waals surface area contributed by atoms with E-state index in [1.807, 2.05) is 25.1 Å². The molecule has 4 nitrogen and oxygen atoms in total. The van der Waals surface area contributed by atoms with E-state index in [2.05, 4.69) is 0 Å². The molecule has 0 unspecified atom stereocenters. The molecule has 0 heterocycles. The Bertz CT molecular complexity index is 677.